The van der Waals surface area contributed by atoms with Crippen LogP contribution in [-0.4, -0.2) is 26.6 Å². The highest BCUT2D eigenvalue weighted by atomic mass is 32.2. The molecule has 1 saturated heterocycles. The molecule has 0 N–H and O–H groups in total. The van der Waals surface area contributed by atoms with Crippen LogP contribution in [0.2, 0.25) is 0 Å². The van der Waals surface area contributed by atoms with Gasteiger partial charge in [0.1, 0.15) is 0 Å². The van der Waals surface area contributed by atoms with Gasteiger partial charge in [-0.25, -0.2) is 4.99 Å². The van der Waals surface area contributed by atoms with Crippen LogP contribution in [0.1, 0.15) is 25.0 Å². The highest BCUT2D eigenvalue weighted by Crippen LogP contribution is 2.36. The number of thioether (sulfide) groups is 1. The molecule has 3 aromatic rings. The van der Waals surface area contributed by atoms with Crippen LogP contribution in [0.25, 0.3) is 17.0 Å². The fourth-order valence-electron chi connectivity index (χ4n) is 3.38. The zero-order chi connectivity index (χ0) is 19.8. The van der Waals surface area contributed by atoms with Crippen LogP contribution in [-0.2, 0) is 11.8 Å². The zero-order valence-corrected chi connectivity index (χ0v) is 17.3. The largest absolute Gasteiger partial charge is 0.350 e. The van der Waals surface area contributed by atoms with Crippen LogP contribution >= 0.6 is 11.8 Å². The third-order valence-corrected chi connectivity index (χ3v) is 5.81. The standard InChI is InChI=1S/C23H23N3OS/c1-15(2)26-22(27)21(28-23(26)24-18-11-9-16(3)10-12-18)13-17-14-25(4)20-8-6-5-7-19(17)20/h5-15H,1-4H3/b21-13+,24-23?. The van der Waals surface area contributed by atoms with Crippen molar-refractivity contribution in [3.05, 3.63) is 70.8 Å². The third-order valence-electron chi connectivity index (χ3n) is 4.83. The molecule has 4 rings (SSSR count). The third kappa shape index (κ3) is 3.38. The van der Waals surface area contributed by atoms with E-state index in [0.717, 1.165) is 27.3 Å². The Morgan fingerprint density at radius 2 is 1.79 bits per heavy atom. The molecule has 4 nitrogen and oxygen atoms in total. The number of para-hydroxylation sites is 1. The van der Waals surface area contributed by atoms with Crippen molar-refractivity contribution in [2.24, 2.45) is 12.0 Å². The van der Waals surface area contributed by atoms with Crippen molar-refractivity contribution in [2.75, 3.05) is 0 Å². The molecule has 1 aliphatic rings. The van der Waals surface area contributed by atoms with E-state index >= 15 is 0 Å². The fraction of sp³-hybridized carbons (Fsp3) is 0.217. The maximum absolute atomic E-state index is 13.1. The second kappa shape index (κ2) is 7.32. The Bertz CT molecular complexity index is 1110. The summed E-state index contributed by atoms with van der Waals surface area (Å²) in [7, 11) is 2.03. The van der Waals surface area contributed by atoms with Crippen LogP contribution in [0.4, 0.5) is 5.69 Å². The molecule has 0 radical (unpaired) electrons. The summed E-state index contributed by atoms with van der Waals surface area (Å²) in [6.07, 6.45) is 4.06. The quantitative estimate of drug-likeness (QED) is 0.555. The number of benzene rings is 2. The molecule has 1 aliphatic heterocycles. The maximum Gasteiger partial charge on any atom is 0.266 e. The molecule has 0 aliphatic carbocycles. The average Bonchev–Trinajstić information content (AvgIpc) is 3.15. The van der Waals surface area contributed by atoms with Crippen molar-refractivity contribution in [3.8, 4) is 0 Å². The number of hydrogen-bond donors (Lipinski definition) is 0. The summed E-state index contributed by atoms with van der Waals surface area (Å²) in [5.74, 6) is 0.0128. The molecule has 0 saturated carbocycles. The van der Waals surface area contributed by atoms with Gasteiger partial charge in [-0.15, -0.1) is 0 Å². The second-order valence-corrected chi connectivity index (χ2v) is 8.33. The first-order chi connectivity index (χ1) is 13.4. The average molecular weight is 390 g/mol. The molecule has 1 fully saturated rings. The molecule has 1 amide bonds. The molecule has 28 heavy (non-hydrogen) atoms. The molecule has 2 aromatic carbocycles. The molecule has 142 valence electrons. The lowest BCUT2D eigenvalue weighted by Crippen LogP contribution is -2.35. The topological polar surface area (TPSA) is 37.6 Å². The van der Waals surface area contributed by atoms with E-state index in [0.29, 0.717) is 4.91 Å². The Morgan fingerprint density at radius 3 is 2.50 bits per heavy atom. The first-order valence-electron chi connectivity index (χ1n) is 9.36. The van der Waals surface area contributed by atoms with E-state index < -0.39 is 0 Å². The van der Waals surface area contributed by atoms with Crippen LogP contribution in [0.5, 0.6) is 0 Å². The van der Waals surface area contributed by atoms with E-state index in [1.807, 2.05) is 63.4 Å². The predicted octanol–water partition coefficient (Wildman–Crippen LogP) is 5.50. The smallest absolute Gasteiger partial charge is 0.266 e. The normalized spacial score (nSPS) is 17.6. The molecule has 5 heteroatoms. The van der Waals surface area contributed by atoms with Crippen molar-refractivity contribution in [1.82, 2.24) is 9.47 Å². The van der Waals surface area contributed by atoms with E-state index in [1.165, 1.54) is 17.3 Å². The summed E-state index contributed by atoms with van der Waals surface area (Å²) in [4.78, 5) is 20.3. The van der Waals surface area contributed by atoms with Crippen LogP contribution < -0.4 is 0 Å². The van der Waals surface area contributed by atoms with Crippen LogP contribution in [0.3, 0.4) is 0 Å². The Labute approximate surface area is 169 Å². The van der Waals surface area contributed by atoms with E-state index in [9.17, 15) is 4.79 Å². The number of nitrogens with zero attached hydrogens (tertiary/aromatic N) is 3. The van der Waals surface area contributed by atoms with Gasteiger partial charge in [0.05, 0.1) is 10.6 Å². The lowest BCUT2D eigenvalue weighted by molar-refractivity contribution is -0.123. The SMILES string of the molecule is Cc1ccc(N=C2S/C(=C/c3cn(C)c4ccccc34)C(=O)N2C(C)C)cc1. The van der Waals surface area contributed by atoms with Crippen molar-refractivity contribution >= 4 is 45.5 Å². The number of rotatable bonds is 3. The summed E-state index contributed by atoms with van der Waals surface area (Å²) < 4.78 is 2.09. The van der Waals surface area contributed by atoms with Crippen molar-refractivity contribution in [3.63, 3.8) is 0 Å². The Balaban J connectivity index is 1.75. The number of hydrogen-bond acceptors (Lipinski definition) is 3. The molecule has 2 heterocycles. The summed E-state index contributed by atoms with van der Waals surface area (Å²) in [5, 5.41) is 1.88. The maximum atomic E-state index is 13.1. The Morgan fingerprint density at radius 1 is 1.07 bits per heavy atom. The monoisotopic (exact) mass is 389 g/mol. The molecule has 1 aromatic heterocycles. The van der Waals surface area contributed by atoms with Crippen LogP contribution in [0.15, 0.2) is 64.6 Å². The minimum Gasteiger partial charge on any atom is -0.350 e. The molecule has 0 spiro atoms. The van der Waals surface area contributed by atoms with Gasteiger partial charge in [0.15, 0.2) is 5.17 Å². The van der Waals surface area contributed by atoms with E-state index in [-0.39, 0.29) is 11.9 Å². The molecular weight excluding hydrogens is 366 g/mol. The molecule has 0 atom stereocenters. The van der Waals surface area contributed by atoms with E-state index in [4.69, 9.17) is 4.99 Å². The predicted molar refractivity (Wildman–Crippen MR) is 119 cm³/mol. The van der Waals surface area contributed by atoms with Crippen LogP contribution in [0, 0.1) is 6.92 Å². The van der Waals surface area contributed by atoms with Gasteiger partial charge in [0.25, 0.3) is 5.91 Å². The summed E-state index contributed by atoms with van der Waals surface area (Å²) in [6.45, 7) is 6.09. The molecule has 0 unspecified atom stereocenters. The van der Waals surface area contributed by atoms with E-state index in [2.05, 4.69) is 29.8 Å². The Kier molecular flexibility index (Phi) is 4.85. The van der Waals surface area contributed by atoms with Crippen molar-refractivity contribution in [1.29, 1.82) is 0 Å². The molecule has 0 bridgehead atoms. The molecular formula is C23H23N3OS. The van der Waals surface area contributed by atoms with E-state index in [1.54, 1.807) is 4.90 Å². The first kappa shape index (κ1) is 18.6. The lowest BCUT2D eigenvalue weighted by atomic mass is 10.1. The summed E-state index contributed by atoms with van der Waals surface area (Å²) >= 11 is 1.45. The number of aromatic nitrogens is 1. The number of fused-ring (bicyclic) bond motifs is 1. The van der Waals surface area contributed by atoms with Gasteiger partial charge in [0, 0.05) is 35.8 Å². The number of carbonyl (C=O) groups is 1. The lowest BCUT2D eigenvalue weighted by Gasteiger charge is -2.19. The number of amides is 1. The van der Waals surface area contributed by atoms with Gasteiger partial charge in [-0.05, 0) is 56.8 Å². The van der Waals surface area contributed by atoms with Gasteiger partial charge in [-0.2, -0.15) is 0 Å². The summed E-state index contributed by atoms with van der Waals surface area (Å²) in [6, 6.07) is 16.3. The van der Waals surface area contributed by atoms with Gasteiger partial charge in [-0.1, -0.05) is 35.9 Å². The minimum atomic E-state index is 0.0128. The highest BCUT2D eigenvalue weighted by Gasteiger charge is 2.35. The number of aryl methyl sites for hydroxylation is 2. The van der Waals surface area contributed by atoms with Gasteiger partial charge < -0.3 is 4.57 Å². The highest BCUT2D eigenvalue weighted by molar-refractivity contribution is 8.18. The first-order valence-corrected chi connectivity index (χ1v) is 10.2. The summed E-state index contributed by atoms with van der Waals surface area (Å²) in [5.41, 5.74) is 4.25. The van der Waals surface area contributed by atoms with Gasteiger partial charge in [-0.3, -0.25) is 9.69 Å². The zero-order valence-electron chi connectivity index (χ0n) is 16.5. The van der Waals surface area contributed by atoms with Gasteiger partial charge in [0.2, 0.25) is 0 Å². The van der Waals surface area contributed by atoms with Crippen molar-refractivity contribution < 1.29 is 4.79 Å². The second-order valence-electron chi connectivity index (χ2n) is 7.32. The Hall–Kier alpha value is -2.79. The number of aliphatic imine (C=N–C) groups is 1. The minimum absolute atomic E-state index is 0.0128. The number of carbonyl (C=O) groups excluding carboxylic acids is 1. The fourth-order valence-corrected chi connectivity index (χ4v) is 4.49. The number of amidine groups is 1. The van der Waals surface area contributed by atoms with Gasteiger partial charge >= 0.3 is 0 Å². The van der Waals surface area contributed by atoms with Crippen molar-refractivity contribution in [2.45, 2.75) is 26.8 Å².